The second kappa shape index (κ2) is 11.0. The van der Waals surface area contributed by atoms with Crippen LogP contribution in [-0.4, -0.2) is 27.0 Å². The molecule has 0 aliphatic heterocycles. The van der Waals surface area contributed by atoms with Crippen LogP contribution < -0.4 is 16.0 Å². The minimum Gasteiger partial charge on any atom is -0.481 e. The first kappa shape index (κ1) is 24.3. The lowest BCUT2D eigenvalue weighted by Gasteiger charge is -2.19. The fraction of sp³-hybridized carbons (Fsp3) is 0.286. The van der Waals surface area contributed by atoms with Crippen molar-refractivity contribution in [1.82, 2.24) is 15.3 Å². The van der Waals surface area contributed by atoms with Gasteiger partial charge in [-0.15, -0.1) is 0 Å². The van der Waals surface area contributed by atoms with Crippen LogP contribution in [0.1, 0.15) is 49.9 Å². The Kier molecular flexibility index (Phi) is 7.65. The summed E-state index contributed by atoms with van der Waals surface area (Å²) in [6.45, 7) is 1.76. The van der Waals surface area contributed by atoms with Crippen LogP contribution in [0.5, 0.6) is 0 Å². The third-order valence-corrected chi connectivity index (χ3v) is 6.12. The molecule has 0 fully saturated rings. The standard InChI is InChI=1S/C28H28FN3O3/c1-18(21-11-5-6-12-22(21)29)30-28(35)20-15-16-23-25(17-20)31-24(13-7-8-14-26(33)34)27(32-23)19-9-3-2-4-10-19/h2-6,9-12,16-18,20H,7-8,13-15H2,1H3,(H,30,35)(H,33,34). The number of carbonyl (C=O) groups is 2. The van der Waals surface area contributed by atoms with Crippen LogP contribution >= 0.6 is 0 Å². The number of benzene rings is 2. The van der Waals surface area contributed by atoms with Crippen LogP contribution in [0.2, 0.25) is 0 Å². The summed E-state index contributed by atoms with van der Waals surface area (Å²) < 4.78 is 14.1. The average molecular weight is 474 g/mol. The summed E-state index contributed by atoms with van der Waals surface area (Å²) in [4.78, 5) is 33.6. The second-order valence-corrected chi connectivity index (χ2v) is 8.72. The molecule has 2 atom stereocenters. The van der Waals surface area contributed by atoms with E-state index in [-0.39, 0.29) is 18.1 Å². The number of nitrogens with zero attached hydrogens (tertiary/aromatic N) is 2. The fourth-order valence-corrected chi connectivity index (χ4v) is 4.25. The highest BCUT2D eigenvalue weighted by Gasteiger charge is 2.22. The maximum atomic E-state index is 14.1. The third-order valence-electron chi connectivity index (χ3n) is 6.12. The van der Waals surface area contributed by atoms with Gasteiger partial charge in [0.15, 0.2) is 0 Å². The lowest BCUT2D eigenvalue weighted by Crippen LogP contribution is -2.40. The number of fused-ring (bicyclic) bond motifs is 1. The number of carboxylic acid groups (broad SMARTS) is 1. The van der Waals surface area contributed by atoms with Gasteiger partial charge in [-0.25, -0.2) is 14.4 Å². The van der Waals surface area contributed by atoms with Crippen molar-refractivity contribution in [2.45, 2.75) is 45.1 Å². The molecule has 2 unspecified atom stereocenters. The number of unbranched alkanes of at least 4 members (excludes halogenated alkanes) is 1. The van der Waals surface area contributed by atoms with E-state index < -0.39 is 17.9 Å². The van der Waals surface area contributed by atoms with E-state index in [1.807, 2.05) is 42.5 Å². The normalized spacial score (nSPS) is 15.3. The van der Waals surface area contributed by atoms with Gasteiger partial charge in [0, 0.05) is 17.5 Å². The zero-order valence-corrected chi connectivity index (χ0v) is 19.6. The lowest BCUT2D eigenvalue weighted by atomic mass is 9.98. The highest BCUT2D eigenvalue weighted by atomic mass is 19.1. The predicted octanol–water partition coefficient (Wildman–Crippen LogP) is 3.54. The number of halogens is 1. The summed E-state index contributed by atoms with van der Waals surface area (Å²) >= 11 is 0. The van der Waals surface area contributed by atoms with Crippen molar-refractivity contribution in [2.24, 2.45) is 5.92 Å². The van der Waals surface area contributed by atoms with Gasteiger partial charge in [0.1, 0.15) is 5.82 Å². The minimum atomic E-state index is -0.814. The van der Waals surface area contributed by atoms with E-state index in [0.29, 0.717) is 36.6 Å². The van der Waals surface area contributed by atoms with Gasteiger partial charge in [0.2, 0.25) is 5.91 Å². The van der Waals surface area contributed by atoms with E-state index in [2.05, 4.69) is 5.32 Å². The lowest BCUT2D eigenvalue weighted by molar-refractivity contribution is -0.137. The SMILES string of the molecule is CC(NC(=O)C1C=c2nc(CCCCC(=O)O)c(-c3ccccc3)nc2=CC1)c1ccccc1F. The third kappa shape index (κ3) is 5.98. The first-order valence-electron chi connectivity index (χ1n) is 11.8. The van der Waals surface area contributed by atoms with E-state index >= 15 is 0 Å². The predicted molar refractivity (Wildman–Crippen MR) is 132 cm³/mol. The molecular formula is C28H28FN3O3. The van der Waals surface area contributed by atoms with Gasteiger partial charge in [-0.1, -0.05) is 54.6 Å². The maximum Gasteiger partial charge on any atom is 0.303 e. The van der Waals surface area contributed by atoms with Crippen molar-refractivity contribution in [2.75, 3.05) is 0 Å². The molecule has 1 aromatic heterocycles. The van der Waals surface area contributed by atoms with Crippen LogP contribution in [0.15, 0.2) is 54.6 Å². The minimum absolute atomic E-state index is 0.112. The molecular weight excluding hydrogens is 445 g/mol. The molecule has 0 spiro atoms. The quantitative estimate of drug-likeness (QED) is 0.464. The first-order chi connectivity index (χ1) is 16.9. The van der Waals surface area contributed by atoms with Crippen molar-refractivity contribution < 1.29 is 19.1 Å². The summed E-state index contributed by atoms with van der Waals surface area (Å²) in [7, 11) is 0. The molecule has 2 aromatic carbocycles. The van der Waals surface area contributed by atoms with E-state index in [0.717, 1.165) is 22.3 Å². The van der Waals surface area contributed by atoms with Crippen molar-refractivity contribution >= 4 is 24.0 Å². The van der Waals surface area contributed by atoms with E-state index in [9.17, 15) is 14.0 Å². The van der Waals surface area contributed by atoms with Gasteiger partial charge in [0.05, 0.1) is 34.0 Å². The van der Waals surface area contributed by atoms with E-state index in [1.54, 1.807) is 25.1 Å². The number of hydrogen-bond donors (Lipinski definition) is 2. The Labute approximate surface area is 203 Å². The summed E-state index contributed by atoms with van der Waals surface area (Å²) in [5, 5.41) is 13.2. The second-order valence-electron chi connectivity index (χ2n) is 8.72. The van der Waals surface area contributed by atoms with Crippen molar-refractivity contribution in [3.8, 4) is 11.3 Å². The zero-order chi connectivity index (χ0) is 24.8. The molecule has 35 heavy (non-hydrogen) atoms. The number of nitrogens with one attached hydrogen (secondary N) is 1. The van der Waals surface area contributed by atoms with Crippen LogP contribution in [0.4, 0.5) is 4.39 Å². The number of carbonyl (C=O) groups excluding carboxylic acids is 1. The number of aryl methyl sites for hydroxylation is 1. The maximum absolute atomic E-state index is 14.1. The monoisotopic (exact) mass is 473 g/mol. The van der Waals surface area contributed by atoms with Crippen LogP contribution in [0, 0.1) is 11.7 Å². The Hall–Kier alpha value is -3.87. The summed E-state index contributed by atoms with van der Waals surface area (Å²) in [5.74, 6) is -1.80. The Bertz CT molecular complexity index is 1340. The van der Waals surface area contributed by atoms with Crippen molar-refractivity contribution in [3.05, 3.63) is 82.4 Å². The summed E-state index contributed by atoms with van der Waals surface area (Å²) in [6.07, 6.45) is 6.14. The number of rotatable bonds is 9. The molecule has 1 aliphatic rings. The van der Waals surface area contributed by atoms with Crippen LogP contribution in [-0.2, 0) is 16.0 Å². The number of aliphatic carboxylic acids is 1. The number of carboxylic acids is 1. The van der Waals surface area contributed by atoms with Gasteiger partial charge in [0.25, 0.3) is 0 Å². The van der Waals surface area contributed by atoms with Gasteiger partial charge < -0.3 is 10.4 Å². The molecule has 6 nitrogen and oxygen atoms in total. The molecule has 180 valence electrons. The smallest absolute Gasteiger partial charge is 0.303 e. The summed E-state index contributed by atoms with van der Waals surface area (Å²) in [6, 6.07) is 15.7. The van der Waals surface area contributed by atoms with Gasteiger partial charge >= 0.3 is 5.97 Å². The molecule has 0 saturated carbocycles. The molecule has 0 bridgehead atoms. The first-order valence-corrected chi connectivity index (χ1v) is 11.8. The molecule has 1 aliphatic carbocycles. The molecule has 2 N–H and O–H groups in total. The number of aromatic nitrogens is 2. The Balaban J connectivity index is 1.59. The van der Waals surface area contributed by atoms with Crippen LogP contribution in [0.25, 0.3) is 23.4 Å². The molecule has 4 rings (SSSR count). The highest BCUT2D eigenvalue weighted by Crippen LogP contribution is 2.21. The zero-order valence-electron chi connectivity index (χ0n) is 19.6. The Morgan fingerprint density at radius 3 is 2.54 bits per heavy atom. The van der Waals surface area contributed by atoms with Gasteiger partial charge in [-0.05, 0) is 44.7 Å². The summed E-state index contributed by atoms with van der Waals surface area (Å²) in [5.41, 5.74) is 2.95. The van der Waals surface area contributed by atoms with Gasteiger partial charge in [-0.2, -0.15) is 0 Å². The highest BCUT2D eigenvalue weighted by molar-refractivity contribution is 5.85. The Morgan fingerprint density at radius 2 is 1.80 bits per heavy atom. The molecule has 1 amide bonds. The molecule has 1 heterocycles. The van der Waals surface area contributed by atoms with E-state index in [4.69, 9.17) is 15.1 Å². The van der Waals surface area contributed by atoms with E-state index in [1.165, 1.54) is 6.07 Å². The van der Waals surface area contributed by atoms with Gasteiger partial charge in [-0.3, -0.25) is 9.59 Å². The largest absolute Gasteiger partial charge is 0.481 e. The molecule has 3 aromatic rings. The number of amides is 1. The molecule has 0 radical (unpaired) electrons. The van der Waals surface area contributed by atoms with Crippen molar-refractivity contribution in [1.29, 1.82) is 0 Å². The number of hydrogen-bond acceptors (Lipinski definition) is 4. The Morgan fingerprint density at radius 1 is 1.06 bits per heavy atom. The average Bonchev–Trinajstić information content (AvgIpc) is 2.86. The van der Waals surface area contributed by atoms with Crippen LogP contribution in [0.3, 0.4) is 0 Å². The fourth-order valence-electron chi connectivity index (χ4n) is 4.25. The molecule has 0 saturated heterocycles. The van der Waals surface area contributed by atoms with Crippen molar-refractivity contribution in [3.63, 3.8) is 0 Å². The topological polar surface area (TPSA) is 92.2 Å². The molecule has 7 heteroatoms.